The highest BCUT2D eigenvalue weighted by Gasteiger charge is 2.75. The predicted octanol–water partition coefficient (Wildman–Crippen LogP) is 2.98. The number of nitrogens with two attached hydrogens (primary N) is 1. The van der Waals surface area contributed by atoms with Crippen LogP contribution in [0.5, 0.6) is 0 Å². The fourth-order valence-corrected chi connectivity index (χ4v) is 4.26. The molecule has 2 amide bonds. The maximum Gasteiger partial charge on any atom is 0.417 e. The van der Waals surface area contributed by atoms with E-state index < -0.39 is 53.0 Å². The molecule has 4 rings (SSSR count). The Balaban J connectivity index is 1.41. The van der Waals surface area contributed by atoms with Crippen LogP contribution < -0.4 is 10.6 Å². The van der Waals surface area contributed by atoms with Gasteiger partial charge in [-0.15, -0.1) is 5.10 Å². The first-order valence-electron chi connectivity index (χ1n) is 10.3. The molecule has 1 saturated carbocycles. The van der Waals surface area contributed by atoms with Crippen molar-refractivity contribution in [3.63, 3.8) is 0 Å². The van der Waals surface area contributed by atoms with Gasteiger partial charge in [-0.25, -0.2) is 0 Å². The molecule has 1 aromatic carbocycles. The molecule has 13 heteroatoms. The van der Waals surface area contributed by atoms with E-state index in [0.29, 0.717) is 5.82 Å². The second-order valence-corrected chi connectivity index (χ2v) is 8.23. The summed E-state index contributed by atoms with van der Waals surface area (Å²) in [5.41, 5.74) is 0.921. The van der Waals surface area contributed by atoms with Crippen LogP contribution in [0, 0.1) is 5.41 Å². The molecule has 7 nitrogen and oxygen atoms in total. The number of carbonyl (C=O) groups excluding carboxylic acids is 2. The Kier molecular flexibility index (Phi) is 5.68. The zero-order chi connectivity index (χ0) is 24.9. The van der Waals surface area contributed by atoms with Gasteiger partial charge in [0.05, 0.1) is 16.8 Å². The van der Waals surface area contributed by atoms with E-state index in [4.69, 9.17) is 5.73 Å². The van der Waals surface area contributed by atoms with Gasteiger partial charge in [0.15, 0.2) is 11.2 Å². The number of alkyl halides is 6. The van der Waals surface area contributed by atoms with Crippen molar-refractivity contribution in [1.82, 2.24) is 15.1 Å². The van der Waals surface area contributed by atoms with Crippen LogP contribution in [-0.2, 0) is 11.0 Å². The molecule has 2 aliphatic rings. The van der Waals surface area contributed by atoms with Crippen LogP contribution in [0.15, 0.2) is 36.4 Å². The van der Waals surface area contributed by atoms with E-state index in [1.165, 1.54) is 29.2 Å². The van der Waals surface area contributed by atoms with Crippen molar-refractivity contribution in [3.05, 3.63) is 53.2 Å². The summed E-state index contributed by atoms with van der Waals surface area (Å²) in [5.74, 6) is -3.06. The Bertz CT molecular complexity index is 1100. The van der Waals surface area contributed by atoms with E-state index in [0.717, 1.165) is 12.1 Å². The van der Waals surface area contributed by atoms with E-state index >= 15 is 0 Å². The number of rotatable bonds is 4. The molecule has 1 aliphatic carbocycles. The summed E-state index contributed by atoms with van der Waals surface area (Å²) in [6.07, 6.45) is -9.94. The highest BCUT2D eigenvalue weighted by Crippen LogP contribution is 2.66. The lowest BCUT2D eigenvalue weighted by Crippen LogP contribution is -2.49. The maximum absolute atomic E-state index is 13.3. The zero-order valence-corrected chi connectivity index (χ0v) is 17.5. The van der Waals surface area contributed by atoms with E-state index in [2.05, 4.69) is 10.2 Å². The number of hydrogen-bond donors (Lipinski definition) is 1. The lowest BCUT2D eigenvalue weighted by atomic mass is 10.0. The molecular weight excluding hydrogens is 468 g/mol. The monoisotopic (exact) mass is 487 g/mol. The van der Waals surface area contributed by atoms with Crippen molar-refractivity contribution in [2.75, 3.05) is 31.1 Å². The first-order chi connectivity index (χ1) is 15.9. The smallest absolute Gasteiger partial charge is 0.369 e. The van der Waals surface area contributed by atoms with Crippen LogP contribution in [0.4, 0.5) is 32.2 Å². The Morgan fingerprint density at radius 2 is 1.59 bits per heavy atom. The quantitative estimate of drug-likeness (QED) is 0.670. The minimum absolute atomic E-state index is 0.00236. The Morgan fingerprint density at radius 3 is 2.09 bits per heavy atom. The molecule has 2 N–H and O–H groups in total. The summed E-state index contributed by atoms with van der Waals surface area (Å²) in [6.45, 7) is 0.724. The third-order valence-electron chi connectivity index (χ3n) is 6.29. The molecule has 2 unspecified atom stereocenters. The summed E-state index contributed by atoms with van der Waals surface area (Å²) < 4.78 is 79.6. The van der Waals surface area contributed by atoms with Crippen molar-refractivity contribution < 1.29 is 35.9 Å². The number of piperazine rings is 1. The molecule has 2 atom stereocenters. The third kappa shape index (κ3) is 4.03. The van der Waals surface area contributed by atoms with E-state index in [1.807, 2.05) is 0 Å². The van der Waals surface area contributed by atoms with Gasteiger partial charge in [0.25, 0.3) is 5.91 Å². The maximum atomic E-state index is 13.3. The first-order valence-corrected chi connectivity index (χ1v) is 10.3. The molecule has 0 radical (unpaired) electrons. The Labute approximate surface area is 189 Å². The van der Waals surface area contributed by atoms with E-state index in [9.17, 15) is 35.9 Å². The number of nitrogens with zero attached hydrogens (tertiary/aromatic N) is 4. The van der Waals surface area contributed by atoms with Crippen LogP contribution in [0.1, 0.15) is 34.0 Å². The minimum atomic E-state index is -4.79. The van der Waals surface area contributed by atoms with Crippen LogP contribution in [-0.4, -0.2) is 59.3 Å². The Hall–Kier alpha value is -3.38. The third-order valence-corrected chi connectivity index (χ3v) is 6.29. The van der Waals surface area contributed by atoms with Crippen molar-refractivity contribution >= 4 is 17.6 Å². The van der Waals surface area contributed by atoms with Crippen LogP contribution in [0.2, 0.25) is 0 Å². The highest BCUT2D eigenvalue weighted by molar-refractivity contribution is 5.96. The second kappa shape index (κ2) is 8.13. The average Bonchev–Trinajstić information content (AvgIpc) is 3.56. The molecular formula is C21H19F6N5O2. The summed E-state index contributed by atoms with van der Waals surface area (Å²) in [6, 6.07) is 7.36. The minimum Gasteiger partial charge on any atom is -0.369 e. The van der Waals surface area contributed by atoms with Gasteiger partial charge in [-0.2, -0.15) is 31.4 Å². The molecule has 0 bridgehead atoms. The highest BCUT2D eigenvalue weighted by atomic mass is 19.4. The standard InChI is InChI=1S/C21H19F6N5O2/c22-20(23,24)13-4-2-1-3-12(13)17(33)32-9-7-31(8-10-32)16-6-5-15(29-30-16)14-11-19(14,18(28)34)21(25,26)27/h1-6,14H,7-11H2,(H2,28,34). The van der Waals surface area contributed by atoms with Gasteiger partial charge >= 0.3 is 12.4 Å². The molecule has 1 aliphatic heterocycles. The topological polar surface area (TPSA) is 92.4 Å². The number of anilines is 1. The molecule has 1 saturated heterocycles. The normalized spacial score (nSPS) is 23.1. The predicted molar refractivity (Wildman–Crippen MR) is 107 cm³/mol. The molecule has 182 valence electrons. The van der Waals surface area contributed by atoms with Gasteiger partial charge in [0.2, 0.25) is 5.91 Å². The zero-order valence-electron chi connectivity index (χ0n) is 17.5. The van der Waals surface area contributed by atoms with Gasteiger partial charge < -0.3 is 15.5 Å². The fourth-order valence-electron chi connectivity index (χ4n) is 4.26. The molecule has 2 fully saturated rings. The van der Waals surface area contributed by atoms with Crippen LogP contribution in [0.3, 0.4) is 0 Å². The van der Waals surface area contributed by atoms with Gasteiger partial charge in [-0.3, -0.25) is 9.59 Å². The fraction of sp³-hybridized carbons (Fsp3) is 0.429. The second-order valence-electron chi connectivity index (χ2n) is 8.23. The molecule has 34 heavy (non-hydrogen) atoms. The largest absolute Gasteiger partial charge is 0.417 e. The van der Waals surface area contributed by atoms with Gasteiger partial charge in [0.1, 0.15) is 0 Å². The summed E-state index contributed by atoms with van der Waals surface area (Å²) in [4.78, 5) is 27.1. The van der Waals surface area contributed by atoms with Gasteiger partial charge in [-0.1, -0.05) is 12.1 Å². The van der Waals surface area contributed by atoms with Crippen molar-refractivity contribution in [3.8, 4) is 0 Å². The molecule has 2 aromatic rings. The SMILES string of the molecule is NC(=O)C1(C(F)(F)F)CC1c1ccc(N2CCN(C(=O)c3ccccc3C(F)(F)F)CC2)nn1. The Morgan fingerprint density at radius 1 is 0.941 bits per heavy atom. The number of aromatic nitrogens is 2. The van der Waals surface area contributed by atoms with E-state index in [-0.39, 0.29) is 31.9 Å². The average molecular weight is 487 g/mol. The van der Waals surface area contributed by atoms with Gasteiger partial charge in [0, 0.05) is 32.1 Å². The number of benzene rings is 1. The summed E-state index contributed by atoms with van der Waals surface area (Å²) in [7, 11) is 0. The van der Waals surface area contributed by atoms with E-state index in [1.54, 1.807) is 4.90 Å². The molecule has 1 aromatic heterocycles. The summed E-state index contributed by atoms with van der Waals surface area (Å²) in [5, 5.41) is 7.79. The van der Waals surface area contributed by atoms with Crippen molar-refractivity contribution in [2.45, 2.75) is 24.7 Å². The molecule has 2 heterocycles. The van der Waals surface area contributed by atoms with Crippen LogP contribution in [0.25, 0.3) is 0 Å². The van der Waals surface area contributed by atoms with Gasteiger partial charge in [-0.05, 0) is 30.7 Å². The lowest BCUT2D eigenvalue weighted by Gasteiger charge is -2.35. The molecule has 0 spiro atoms. The van der Waals surface area contributed by atoms with Crippen molar-refractivity contribution in [1.29, 1.82) is 0 Å². The number of primary amides is 1. The number of amides is 2. The summed E-state index contributed by atoms with van der Waals surface area (Å²) >= 11 is 0. The number of carbonyl (C=O) groups is 2. The van der Waals surface area contributed by atoms with Crippen molar-refractivity contribution in [2.24, 2.45) is 11.1 Å². The lowest BCUT2D eigenvalue weighted by molar-refractivity contribution is -0.192. The van der Waals surface area contributed by atoms with Crippen LogP contribution >= 0.6 is 0 Å². The first kappa shape index (κ1) is 23.8. The number of hydrogen-bond acceptors (Lipinski definition) is 5. The number of halogens is 6.